The number of pyridine rings is 1. The molecule has 0 atom stereocenters. The number of nitrogens with one attached hydrogen (secondary N) is 2. The first-order valence-electron chi connectivity index (χ1n) is 10.6. The summed E-state index contributed by atoms with van der Waals surface area (Å²) in [5.74, 6) is -0.613. The molecule has 3 heterocycles. The quantitative estimate of drug-likeness (QED) is 0.458. The number of ketones is 1. The van der Waals surface area contributed by atoms with E-state index in [2.05, 4.69) is 30.7 Å². The number of hydrogen-bond donors (Lipinski definition) is 2. The van der Waals surface area contributed by atoms with Gasteiger partial charge in [0.25, 0.3) is 5.91 Å². The number of aryl methyl sites for hydroxylation is 1. The summed E-state index contributed by atoms with van der Waals surface area (Å²) in [7, 11) is 1.36. The van der Waals surface area contributed by atoms with E-state index in [-0.39, 0.29) is 35.6 Å². The monoisotopic (exact) mass is 473 g/mol. The zero-order valence-electron chi connectivity index (χ0n) is 18.3. The smallest absolute Gasteiger partial charge is 0.354 e. The summed E-state index contributed by atoms with van der Waals surface area (Å²) in [6, 6.07) is 3.64. The van der Waals surface area contributed by atoms with Crippen LogP contribution in [0.5, 0.6) is 0 Å². The number of nitrogens with zero attached hydrogens (tertiary/aromatic N) is 5. The van der Waals surface area contributed by atoms with Crippen molar-refractivity contribution in [1.29, 1.82) is 0 Å². The number of anilines is 2. The van der Waals surface area contributed by atoms with Gasteiger partial charge in [0.15, 0.2) is 11.5 Å². The largest absolute Gasteiger partial charge is 0.408 e. The average Bonchev–Trinajstić information content (AvgIpc) is 3.58. The van der Waals surface area contributed by atoms with E-state index in [1.807, 2.05) is 6.07 Å². The van der Waals surface area contributed by atoms with Gasteiger partial charge in [-0.05, 0) is 31.4 Å². The van der Waals surface area contributed by atoms with Crippen LogP contribution in [0.25, 0.3) is 0 Å². The Morgan fingerprint density at radius 2 is 1.88 bits per heavy atom. The Kier molecular flexibility index (Phi) is 6.57. The lowest BCUT2D eigenvalue weighted by atomic mass is 10.0. The topological polar surface area (TPSA) is 115 Å². The van der Waals surface area contributed by atoms with E-state index in [1.165, 1.54) is 13.4 Å². The zero-order chi connectivity index (χ0) is 24.3. The number of halogens is 3. The van der Waals surface area contributed by atoms with Crippen LogP contribution in [0.2, 0.25) is 0 Å². The maximum Gasteiger partial charge on any atom is 0.408 e. The van der Waals surface area contributed by atoms with E-state index < -0.39 is 18.6 Å². The van der Waals surface area contributed by atoms with E-state index in [4.69, 9.17) is 0 Å². The van der Waals surface area contributed by atoms with E-state index in [0.717, 1.165) is 24.7 Å². The van der Waals surface area contributed by atoms with Gasteiger partial charge in [-0.3, -0.25) is 14.3 Å². The Balaban J connectivity index is 1.56. The van der Waals surface area contributed by atoms with Crippen molar-refractivity contribution in [3.63, 3.8) is 0 Å². The number of rotatable bonds is 9. The van der Waals surface area contributed by atoms with Crippen molar-refractivity contribution in [3.05, 3.63) is 59.7 Å². The molecule has 2 N–H and O–H groups in total. The highest BCUT2D eigenvalue weighted by atomic mass is 19.4. The molecule has 4 rings (SSSR count). The van der Waals surface area contributed by atoms with Crippen molar-refractivity contribution in [2.75, 3.05) is 12.4 Å². The summed E-state index contributed by atoms with van der Waals surface area (Å²) < 4.78 is 39.0. The standard InChI is InChI=1S/C22H22F3N7O2/c1-26-21(34)19-14(10-32(31-19)11-22(23,24)25)4-7-18(33)20-17(29-15-8-27-12-28-9-15)6-5-16(30-20)13-2-3-13/h5-6,8-10,12-13,29H,2-4,7,11H2,1H3,(H,26,34). The molecule has 0 aliphatic heterocycles. The lowest BCUT2D eigenvalue weighted by Gasteiger charge is -2.12. The molecule has 1 saturated carbocycles. The molecule has 1 aliphatic carbocycles. The van der Waals surface area contributed by atoms with Gasteiger partial charge >= 0.3 is 6.18 Å². The minimum atomic E-state index is -4.49. The van der Waals surface area contributed by atoms with Crippen LogP contribution in [0.4, 0.5) is 24.5 Å². The highest BCUT2D eigenvalue weighted by Crippen LogP contribution is 2.40. The van der Waals surface area contributed by atoms with Crippen molar-refractivity contribution in [3.8, 4) is 0 Å². The van der Waals surface area contributed by atoms with Crippen molar-refractivity contribution >= 4 is 23.1 Å². The van der Waals surface area contributed by atoms with Crippen LogP contribution < -0.4 is 10.6 Å². The van der Waals surface area contributed by atoms with Gasteiger partial charge in [0.05, 0.1) is 23.8 Å². The van der Waals surface area contributed by atoms with Gasteiger partial charge in [-0.2, -0.15) is 18.3 Å². The molecule has 0 unspecified atom stereocenters. The van der Waals surface area contributed by atoms with E-state index in [1.54, 1.807) is 18.5 Å². The Morgan fingerprint density at radius 1 is 1.15 bits per heavy atom. The molecule has 9 nitrogen and oxygen atoms in total. The summed E-state index contributed by atoms with van der Waals surface area (Å²) in [5.41, 5.74) is 2.20. The number of carbonyl (C=O) groups excluding carboxylic acids is 2. The molecule has 1 aliphatic rings. The molecule has 0 aromatic carbocycles. The van der Waals surface area contributed by atoms with Gasteiger partial charge in [0.2, 0.25) is 0 Å². The third-order valence-corrected chi connectivity index (χ3v) is 5.26. The molecule has 0 spiro atoms. The molecule has 12 heteroatoms. The second-order valence-corrected chi connectivity index (χ2v) is 7.98. The first kappa shape index (κ1) is 23.3. The number of amides is 1. The van der Waals surface area contributed by atoms with Crippen molar-refractivity contribution < 1.29 is 22.8 Å². The van der Waals surface area contributed by atoms with E-state index >= 15 is 0 Å². The summed E-state index contributed by atoms with van der Waals surface area (Å²) in [5, 5.41) is 9.23. The Hall–Kier alpha value is -3.83. The highest BCUT2D eigenvalue weighted by Gasteiger charge is 2.30. The van der Waals surface area contributed by atoms with Crippen LogP contribution in [0, 0.1) is 0 Å². The highest BCUT2D eigenvalue weighted by molar-refractivity contribution is 6.00. The molecule has 0 bridgehead atoms. The Bertz CT molecular complexity index is 1190. The number of alkyl halides is 3. The molecule has 3 aromatic rings. The number of carbonyl (C=O) groups is 2. The second kappa shape index (κ2) is 9.57. The van der Waals surface area contributed by atoms with Gasteiger partial charge in [-0.1, -0.05) is 0 Å². The molecule has 3 aromatic heterocycles. The summed E-state index contributed by atoms with van der Waals surface area (Å²) >= 11 is 0. The van der Waals surface area contributed by atoms with Crippen LogP contribution in [0.15, 0.2) is 37.1 Å². The van der Waals surface area contributed by atoms with Crippen LogP contribution in [0.3, 0.4) is 0 Å². The zero-order valence-corrected chi connectivity index (χ0v) is 18.3. The van der Waals surface area contributed by atoms with Gasteiger partial charge in [-0.15, -0.1) is 0 Å². The minimum absolute atomic E-state index is 0.0304. The fourth-order valence-corrected chi connectivity index (χ4v) is 3.50. The van der Waals surface area contributed by atoms with E-state index in [9.17, 15) is 22.8 Å². The maximum atomic E-state index is 13.2. The van der Waals surface area contributed by atoms with Crippen LogP contribution in [0.1, 0.15) is 57.4 Å². The Labute approximate surface area is 192 Å². The van der Waals surface area contributed by atoms with Gasteiger partial charge < -0.3 is 10.6 Å². The number of hydrogen-bond acceptors (Lipinski definition) is 7. The first-order chi connectivity index (χ1) is 16.2. The van der Waals surface area contributed by atoms with Gasteiger partial charge in [0.1, 0.15) is 18.6 Å². The third-order valence-electron chi connectivity index (χ3n) is 5.26. The fraction of sp³-hybridized carbons (Fsp3) is 0.364. The van der Waals surface area contributed by atoms with Crippen molar-refractivity contribution in [2.45, 2.75) is 44.3 Å². The lowest BCUT2D eigenvalue weighted by Crippen LogP contribution is -2.22. The summed E-state index contributed by atoms with van der Waals surface area (Å²) in [4.78, 5) is 37.7. The van der Waals surface area contributed by atoms with Crippen molar-refractivity contribution in [1.82, 2.24) is 30.0 Å². The minimum Gasteiger partial charge on any atom is -0.354 e. The normalized spacial score (nSPS) is 13.5. The third kappa shape index (κ3) is 5.74. The maximum absolute atomic E-state index is 13.2. The van der Waals surface area contributed by atoms with Gasteiger partial charge in [-0.25, -0.2) is 15.0 Å². The molecule has 34 heavy (non-hydrogen) atoms. The predicted molar refractivity (Wildman–Crippen MR) is 116 cm³/mol. The average molecular weight is 473 g/mol. The molecule has 1 fully saturated rings. The summed E-state index contributed by atoms with van der Waals surface area (Å²) in [6.07, 6.45) is 3.14. The number of Topliss-reactive ketones (excluding diaryl/α,β-unsaturated/α-hetero) is 1. The molecule has 1 amide bonds. The lowest BCUT2D eigenvalue weighted by molar-refractivity contribution is -0.142. The molecule has 0 saturated heterocycles. The summed E-state index contributed by atoms with van der Waals surface area (Å²) in [6.45, 7) is -1.33. The van der Waals surface area contributed by atoms with Gasteiger partial charge in [0, 0.05) is 36.8 Å². The molecule has 0 radical (unpaired) electrons. The van der Waals surface area contributed by atoms with Crippen LogP contribution >= 0.6 is 0 Å². The molecule has 178 valence electrons. The fourth-order valence-electron chi connectivity index (χ4n) is 3.50. The first-order valence-corrected chi connectivity index (χ1v) is 10.6. The molecular weight excluding hydrogens is 451 g/mol. The van der Waals surface area contributed by atoms with E-state index in [0.29, 0.717) is 22.0 Å². The Morgan fingerprint density at radius 3 is 2.53 bits per heavy atom. The number of aromatic nitrogens is 5. The predicted octanol–water partition coefficient (Wildman–Crippen LogP) is 3.43. The SMILES string of the molecule is CNC(=O)c1nn(CC(F)(F)F)cc1CCC(=O)c1nc(C2CC2)ccc1Nc1cncnc1. The molecular formula is C22H22F3N7O2. The van der Waals surface area contributed by atoms with Crippen LogP contribution in [-0.4, -0.2) is 49.6 Å². The second-order valence-electron chi connectivity index (χ2n) is 7.98. The van der Waals surface area contributed by atoms with Crippen LogP contribution in [-0.2, 0) is 13.0 Å². The van der Waals surface area contributed by atoms with Crippen molar-refractivity contribution in [2.24, 2.45) is 0 Å².